The highest BCUT2D eigenvalue weighted by Crippen LogP contribution is 2.36. The number of benzene rings is 1. The summed E-state index contributed by atoms with van der Waals surface area (Å²) in [5, 5.41) is 19.5. The Morgan fingerprint density at radius 2 is 1.86 bits per heavy atom. The second-order valence-electron chi connectivity index (χ2n) is 6.21. The molecule has 3 rings (SSSR count). The van der Waals surface area contributed by atoms with Gasteiger partial charge in [-0.2, -0.15) is 0 Å². The molecule has 2 aromatic heterocycles. The normalized spacial score (nSPS) is 11.9. The molecule has 0 fully saturated rings. The number of aromatic carboxylic acids is 1. The Bertz CT molecular complexity index is 1110. The number of hydrogen-bond acceptors (Lipinski definition) is 6. The monoisotopic (exact) mass is 383 g/mol. The van der Waals surface area contributed by atoms with Crippen LogP contribution in [0, 0.1) is 6.92 Å². The van der Waals surface area contributed by atoms with Crippen molar-refractivity contribution in [2.24, 2.45) is 5.73 Å². The largest absolute Gasteiger partial charge is 0.502 e. The first kappa shape index (κ1) is 19.0. The average Bonchev–Trinajstić information content (AvgIpc) is 3.12. The highest BCUT2D eigenvalue weighted by molar-refractivity contribution is 5.95. The summed E-state index contributed by atoms with van der Waals surface area (Å²) in [6.45, 7) is 1.53. The summed E-state index contributed by atoms with van der Waals surface area (Å²) >= 11 is 0. The van der Waals surface area contributed by atoms with Crippen LogP contribution in [0.5, 0.6) is 5.75 Å². The molecule has 0 radical (unpaired) electrons. The molecule has 2 heterocycles. The number of carbonyl (C=O) groups is 2. The van der Waals surface area contributed by atoms with Crippen LogP contribution in [0.3, 0.4) is 0 Å². The van der Waals surface area contributed by atoms with Crippen molar-refractivity contribution in [1.82, 2.24) is 0 Å². The highest BCUT2D eigenvalue weighted by Gasteiger charge is 2.28. The number of aromatic hydroxyl groups is 1. The van der Waals surface area contributed by atoms with Crippen LogP contribution in [0.1, 0.15) is 40.0 Å². The number of furan rings is 1. The van der Waals surface area contributed by atoms with Crippen molar-refractivity contribution in [2.75, 3.05) is 0 Å². The molecule has 1 aromatic carbocycles. The van der Waals surface area contributed by atoms with Gasteiger partial charge in [0.15, 0.2) is 5.76 Å². The van der Waals surface area contributed by atoms with Crippen molar-refractivity contribution in [1.29, 1.82) is 0 Å². The number of carbonyl (C=O) groups excluding carboxylic acids is 1. The fourth-order valence-electron chi connectivity index (χ4n) is 2.95. The van der Waals surface area contributed by atoms with Crippen LogP contribution in [-0.2, 0) is 4.79 Å². The molecule has 0 aliphatic carbocycles. The van der Waals surface area contributed by atoms with Crippen LogP contribution in [0.25, 0.3) is 11.3 Å². The van der Waals surface area contributed by atoms with Gasteiger partial charge in [0.2, 0.25) is 17.1 Å². The predicted molar refractivity (Wildman–Crippen MR) is 98.1 cm³/mol. The van der Waals surface area contributed by atoms with Crippen molar-refractivity contribution >= 4 is 11.9 Å². The molecule has 0 aliphatic heterocycles. The van der Waals surface area contributed by atoms with Crippen molar-refractivity contribution in [3.8, 4) is 17.1 Å². The number of hydrogen-bond donors (Lipinski definition) is 3. The minimum Gasteiger partial charge on any atom is -0.502 e. The number of carboxylic acids is 1. The molecule has 1 amide bonds. The Morgan fingerprint density at radius 1 is 1.14 bits per heavy atom. The summed E-state index contributed by atoms with van der Waals surface area (Å²) in [7, 11) is 0. The Kier molecular flexibility index (Phi) is 5.04. The van der Waals surface area contributed by atoms with Gasteiger partial charge in [-0.3, -0.25) is 9.59 Å². The highest BCUT2D eigenvalue weighted by atomic mass is 16.4. The third kappa shape index (κ3) is 3.66. The van der Waals surface area contributed by atoms with E-state index in [0.29, 0.717) is 5.56 Å². The molecule has 0 spiro atoms. The SMILES string of the molecule is Cc1cc(=O)c(O)c([C@@H](CC(N)=O)c2ccc(-c3ccccc3C(=O)O)o2)o1. The average molecular weight is 383 g/mol. The summed E-state index contributed by atoms with van der Waals surface area (Å²) in [5.74, 6) is -2.86. The van der Waals surface area contributed by atoms with E-state index in [2.05, 4.69) is 0 Å². The van der Waals surface area contributed by atoms with Crippen molar-refractivity contribution in [3.63, 3.8) is 0 Å². The molecule has 144 valence electrons. The summed E-state index contributed by atoms with van der Waals surface area (Å²) in [5.41, 5.74) is 5.04. The first-order valence-electron chi connectivity index (χ1n) is 8.32. The van der Waals surface area contributed by atoms with E-state index in [9.17, 15) is 24.6 Å². The van der Waals surface area contributed by atoms with E-state index in [-0.39, 0.29) is 35.0 Å². The van der Waals surface area contributed by atoms with E-state index in [1.165, 1.54) is 25.1 Å². The molecule has 0 unspecified atom stereocenters. The molecular formula is C20H17NO7. The Labute approximate surface area is 158 Å². The topological polar surface area (TPSA) is 144 Å². The number of rotatable bonds is 6. The molecule has 3 aromatic rings. The smallest absolute Gasteiger partial charge is 0.336 e. The number of aryl methyl sites for hydroxylation is 1. The van der Waals surface area contributed by atoms with Gasteiger partial charge in [0.05, 0.1) is 11.5 Å². The molecule has 4 N–H and O–H groups in total. The van der Waals surface area contributed by atoms with Gasteiger partial charge < -0.3 is 24.8 Å². The molecule has 0 bridgehead atoms. The van der Waals surface area contributed by atoms with Gasteiger partial charge in [-0.1, -0.05) is 18.2 Å². The van der Waals surface area contributed by atoms with Crippen LogP contribution >= 0.6 is 0 Å². The van der Waals surface area contributed by atoms with E-state index in [4.69, 9.17) is 14.6 Å². The van der Waals surface area contributed by atoms with Gasteiger partial charge in [0.25, 0.3) is 0 Å². The van der Waals surface area contributed by atoms with Gasteiger partial charge in [0.1, 0.15) is 17.3 Å². The van der Waals surface area contributed by atoms with Crippen LogP contribution < -0.4 is 11.2 Å². The Morgan fingerprint density at radius 3 is 2.54 bits per heavy atom. The fraction of sp³-hybridized carbons (Fsp3) is 0.150. The lowest BCUT2D eigenvalue weighted by molar-refractivity contribution is -0.118. The second kappa shape index (κ2) is 7.43. The van der Waals surface area contributed by atoms with Crippen molar-refractivity contribution < 1.29 is 28.6 Å². The third-order valence-corrected chi connectivity index (χ3v) is 4.19. The first-order valence-corrected chi connectivity index (χ1v) is 8.32. The first-order chi connectivity index (χ1) is 13.3. The summed E-state index contributed by atoms with van der Waals surface area (Å²) in [6.07, 6.45) is -0.284. The maximum Gasteiger partial charge on any atom is 0.336 e. The molecule has 0 saturated heterocycles. The molecule has 28 heavy (non-hydrogen) atoms. The zero-order valence-corrected chi connectivity index (χ0v) is 14.8. The second-order valence-corrected chi connectivity index (χ2v) is 6.21. The summed E-state index contributed by atoms with van der Waals surface area (Å²) in [4.78, 5) is 34.9. The van der Waals surface area contributed by atoms with Crippen LogP contribution in [0.15, 0.2) is 56.1 Å². The molecular weight excluding hydrogens is 366 g/mol. The minimum absolute atomic E-state index is 0.0415. The van der Waals surface area contributed by atoms with Gasteiger partial charge in [-0.05, 0) is 25.1 Å². The van der Waals surface area contributed by atoms with Gasteiger partial charge >= 0.3 is 5.97 Å². The Balaban J connectivity index is 2.11. The molecule has 0 saturated carbocycles. The summed E-state index contributed by atoms with van der Waals surface area (Å²) in [6, 6.07) is 10.4. The number of amides is 1. The quantitative estimate of drug-likeness (QED) is 0.593. The predicted octanol–water partition coefficient (Wildman–Crippen LogP) is 2.62. The van der Waals surface area contributed by atoms with Crippen molar-refractivity contribution in [2.45, 2.75) is 19.3 Å². The lowest BCUT2D eigenvalue weighted by Gasteiger charge is -2.14. The van der Waals surface area contributed by atoms with E-state index in [1.54, 1.807) is 18.2 Å². The Hall–Kier alpha value is -3.81. The van der Waals surface area contributed by atoms with E-state index in [1.807, 2.05) is 0 Å². The zero-order chi connectivity index (χ0) is 20.4. The summed E-state index contributed by atoms with van der Waals surface area (Å²) < 4.78 is 11.2. The number of primary amides is 1. The lowest BCUT2D eigenvalue weighted by Crippen LogP contribution is -2.17. The van der Waals surface area contributed by atoms with Crippen LogP contribution in [-0.4, -0.2) is 22.1 Å². The van der Waals surface area contributed by atoms with E-state index >= 15 is 0 Å². The standard InChI is InChI=1S/C20H17NO7/c1-10-8-14(22)18(24)19(27-10)13(9-17(21)23)16-7-6-15(28-16)11-4-2-3-5-12(11)20(25)26/h2-8,13,24H,9H2,1H3,(H2,21,23)(H,25,26)/t13-/m0/s1. The molecule has 8 nitrogen and oxygen atoms in total. The fourth-order valence-corrected chi connectivity index (χ4v) is 2.95. The minimum atomic E-state index is -1.12. The maximum absolute atomic E-state index is 11.9. The van der Waals surface area contributed by atoms with E-state index < -0.39 is 29.0 Å². The van der Waals surface area contributed by atoms with Gasteiger partial charge in [0, 0.05) is 18.1 Å². The third-order valence-electron chi connectivity index (χ3n) is 4.19. The molecule has 0 aliphatic rings. The van der Waals surface area contributed by atoms with Gasteiger partial charge in [-0.25, -0.2) is 4.79 Å². The molecule has 1 atom stereocenters. The van der Waals surface area contributed by atoms with Crippen LogP contribution in [0.2, 0.25) is 0 Å². The maximum atomic E-state index is 11.9. The number of nitrogens with two attached hydrogens (primary N) is 1. The lowest BCUT2D eigenvalue weighted by atomic mass is 9.97. The van der Waals surface area contributed by atoms with Crippen molar-refractivity contribution in [3.05, 3.63) is 75.5 Å². The van der Waals surface area contributed by atoms with E-state index in [0.717, 1.165) is 6.07 Å². The number of carboxylic acid groups (broad SMARTS) is 1. The molecule has 8 heteroatoms. The zero-order valence-electron chi connectivity index (χ0n) is 14.8. The van der Waals surface area contributed by atoms with Gasteiger partial charge in [-0.15, -0.1) is 0 Å². The van der Waals surface area contributed by atoms with Crippen LogP contribution in [0.4, 0.5) is 0 Å².